The Morgan fingerprint density at radius 3 is 2.10 bits per heavy atom. The van der Waals surface area contributed by atoms with Crippen molar-refractivity contribution >= 4 is 17.6 Å². The van der Waals surface area contributed by atoms with E-state index in [9.17, 15) is 4.79 Å². The van der Waals surface area contributed by atoms with Gasteiger partial charge in [-0.1, -0.05) is 114 Å². The number of ether oxygens (including phenoxy) is 3. The first kappa shape index (κ1) is 33.5. The van der Waals surface area contributed by atoms with Crippen LogP contribution in [0.4, 0.5) is 0 Å². The van der Waals surface area contributed by atoms with Crippen LogP contribution < -0.4 is 4.74 Å². The molecule has 5 heteroatoms. The third kappa shape index (κ3) is 12.8. The normalized spacial score (nSPS) is 17.0. The number of halogens is 1. The summed E-state index contributed by atoms with van der Waals surface area (Å²) in [4.78, 5) is 12.3. The van der Waals surface area contributed by atoms with Crippen LogP contribution >= 0.6 is 11.6 Å². The molecule has 0 unspecified atom stereocenters. The molecule has 2 aromatic carbocycles. The van der Waals surface area contributed by atoms with E-state index in [2.05, 4.69) is 13.0 Å². The molecule has 1 fully saturated rings. The maximum Gasteiger partial charge on any atom is 0.305 e. The summed E-state index contributed by atoms with van der Waals surface area (Å²) in [5.41, 5.74) is 3.15. The van der Waals surface area contributed by atoms with Crippen LogP contribution in [0, 0.1) is 0 Å². The van der Waals surface area contributed by atoms with E-state index < -0.39 is 0 Å². The van der Waals surface area contributed by atoms with Gasteiger partial charge in [0, 0.05) is 17.0 Å². The van der Waals surface area contributed by atoms with E-state index in [0.29, 0.717) is 24.7 Å². The molecule has 4 nitrogen and oxygen atoms in total. The molecule has 0 saturated carbocycles. The highest BCUT2D eigenvalue weighted by molar-refractivity contribution is 6.33. The predicted molar refractivity (Wildman–Crippen MR) is 171 cm³/mol. The summed E-state index contributed by atoms with van der Waals surface area (Å²) in [6.45, 7) is 5.24. The van der Waals surface area contributed by atoms with Gasteiger partial charge in [0.2, 0.25) is 0 Å². The summed E-state index contributed by atoms with van der Waals surface area (Å²) < 4.78 is 17.6. The largest absolute Gasteiger partial charge is 0.494 e. The summed E-state index contributed by atoms with van der Waals surface area (Å²) in [5.74, 6) is 0.758. The molecule has 0 radical (unpaired) electrons. The van der Waals surface area contributed by atoms with Gasteiger partial charge in [0.25, 0.3) is 0 Å². The van der Waals surface area contributed by atoms with Gasteiger partial charge < -0.3 is 14.2 Å². The maximum atomic E-state index is 12.3. The summed E-state index contributed by atoms with van der Waals surface area (Å²) >= 11 is 6.57. The number of esters is 1. The first-order chi connectivity index (χ1) is 20.1. The van der Waals surface area contributed by atoms with Gasteiger partial charge in [-0.15, -0.1) is 0 Å². The minimum absolute atomic E-state index is 0.0211. The Balaban J connectivity index is 1.30. The van der Waals surface area contributed by atoms with Crippen molar-refractivity contribution in [2.45, 2.75) is 135 Å². The predicted octanol–water partition coefficient (Wildman–Crippen LogP) is 11.0. The number of rotatable bonds is 20. The zero-order chi connectivity index (χ0) is 29.1. The lowest BCUT2D eigenvalue weighted by atomic mass is 9.95. The van der Waals surface area contributed by atoms with Gasteiger partial charge >= 0.3 is 5.97 Å². The van der Waals surface area contributed by atoms with Crippen LogP contribution in [0.25, 0.3) is 11.1 Å². The number of carbonyl (C=O) groups is 1. The second-order valence-corrected chi connectivity index (χ2v) is 12.0. The zero-order valence-electron chi connectivity index (χ0n) is 25.6. The third-order valence-corrected chi connectivity index (χ3v) is 8.43. The SMILES string of the molecule is CCCCCCCCCCCCCCCC(=O)OC[C@H]1CCC[C@H](c2ccc(Cl)c(-c3ccc(OCC)cc3)c2)O1. The molecule has 1 saturated heterocycles. The van der Waals surface area contributed by atoms with Crippen molar-refractivity contribution < 1.29 is 19.0 Å². The zero-order valence-corrected chi connectivity index (χ0v) is 26.4. The van der Waals surface area contributed by atoms with E-state index in [1.165, 1.54) is 70.6 Å². The molecule has 2 atom stereocenters. The number of hydrogen-bond acceptors (Lipinski definition) is 4. The van der Waals surface area contributed by atoms with Crippen LogP contribution in [-0.4, -0.2) is 25.3 Å². The summed E-state index contributed by atoms with van der Waals surface area (Å²) in [5, 5.41) is 0.715. The van der Waals surface area contributed by atoms with Crippen molar-refractivity contribution in [2.24, 2.45) is 0 Å². The molecule has 0 N–H and O–H groups in total. The topological polar surface area (TPSA) is 44.8 Å². The molecular weight excluding hydrogens is 532 g/mol. The molecular formula is C36H53ClO4. The van der Waals surface area contributed by atoms with Gasteiger partial charge in [0.15, 0.2) is 0 Å². The molecule has 2 aromatic rings. The molecule has 1 aliphatic rings. The minimum atomic E-state index is -0.0944. The van der Waals surface area contributed by atoms with Gasteiger partial charge in [-0.2, -0.15) is 0 Å². The fraction of sp³-hybridized carbons (Fsp3) is 0.639. The van der Waals surface area contributed by atoms with E-state index in [-0.39, 0.29) is 18.2 Å². The lowest BCUT2D eigenvalue weighted by molar-refractivity contribution is -0.152. The molecule has 1 heterocycles. The molecule has 0 aliphatic carbocycles. The van der Waals surface area contributed by atoms with Gasteiger partial charge in [-0.3, -0.25) is 4.79 Å². The summed E-state index contributed by atoms with van der Waals surface area (Å²) in [6, 6.07) is 14.2. The molecule has 0 spiro atoms. The first-order valence-corrected chi connectivity index (χ1v) is 16.8. The Bertz CT molecular complexity index is 990. The number of carbonyl (C=O) groups excluding carboxylic acids is 1. The fourth-order valence-corrected chi connectivity index (χ4v) is 5.90. The Morgan fingerprint density at radius 2 is 1.46 bits per heavy atom. The van der Waals surface area contributed by atoms with Crippen LogP contribution in [0.5, 0.6) is 5.75 Å². The smallest absolute Gasteiger partial charge is 0.305 e. The van der Waals surface area contributed by atoms with Crippen molar-refractivity contribution in [3.05, 3.63) is 53.1 Å². The molecule has 0 bridgehead atoms. The highest BCUT2D eigenvalue weighted by Crippen LogP contribution is 2.36. The Hall–Kier alpha value is -2.04. The Morgan fingerprint density at radius 1 is 0.829 bits per heavy atom. The molecule has 3 rings (SSSR count). The standard InChI is InChI=1S/C36H53ClO4/c1-3-5-6-7-8-9-10-11-12-13-14-15-16-20-36(38)40-28-32-18-17-19-35(41-32)30-23-26-34(37)33(27-30)29-21-24-31(25-22-29)39-4-2/h21-27,32,35H,3-20,28H2,1-2H3/t32-,35-/m1/s1. The minimum Gasteiger partial charge on any atom is -0.494 e. The molecule has 0 aromatic heterocycles. The second-order valence-electron chi connectivity index (χ2n) is 11.5. The van der Waals surface area contributed by atoms with Crippen LogP contribution in [0.2, 0.25) is 5.02 Å². The lowest BCUT2D eigenvalue weighted by Crippen LogP contribution is -2.28. The van der Waals surface area contributed by atoms with Gasteiger partial charge in [-0.25, -0.2) is 0 Å². The van der Waals surface area contributed by atoms with E-state index in [1.807, 2.05) is 43.3 Å². The van der Waals surface area contributed by atoms with Crippen LogP contribution in [0.1, 0.15) is 135 Å². The maximum absolute atomic E-state index is 12.3. The third-order valence-electron chi connectivity index (χ3n) is 8.10. The number of benzene rings is 2. The van der Waals surface area contributed by atoms with Gasteiger partial charge in [0.1, 0.15) is 12.4 Å². The van der Waals surface area contributed by atoms with E-state index in [0.717, 1.165) is 54.5 Å². The van der Waals surface area contributed by atoms with Crippen molar-refractivity contribution in [1.29, 1.82) is 0 Å². The molecule has 228 valence electrons. The van der Waals surface area contributed by atoms with Crippen molar-refractivity contribution in [2.75, 3.05) is 13.2 Å². The van der Waals surface area contributed by atoms with Crippen LogP contribution in [-0.2, 0) is 14.3 Å². The second kappa shape index (κ2) is 20.0. The van der Waals surface area contributed by atoms with Crippen LogP contribution in [0.15, 0.2) is 42.5 Å². The first-order valence-electron chi connectivity index (χ1n) is 16.4. The van der Waals surface area contributed by atoms with Gasteiger partial charge in [-0.05, 0) is 68.0 Å². The van der Waals surface area contributed by atoms with E-state index >= 15 is 0 Å². The average Bonchev–Trinajstić information content (AvgIpc) is 2.99. The highest BCUT2D eigenvalue weighted by atomic mass is 35.5. The van der Waals surface area contributed by atoms with E-state index in [1.54, 1.807) is 0 Å². The number of unbranched alkanes of at least 4 members (excludes halogenated alkanes) is 12. The van der Waals surface area contributed by atoms with Gasteiger partial charge in [0.05, 0.1) is 18.8 Å². The average molecular weight is 585 g/mol. The van der Waals surface area contributed by atoms with Crippen LogP contribution in [0.3, 0.4) is 0 Å². The molecule has 1 aliphatic heterocycles. The van der Waals surface area contributed by atoms with Crippen molar-refractivity contribution in [3.8, 4) is 16.9 Å². The monoisotopic (exact) mass is 584 g/mol. The summed E-state index contributed by atoms with van der Waals surface area (Å²) in [6.07, 6.45) is 20.3. The van der Waals surface area contributed by atoms with Crippen molar-refractivity contribution in [1.82, 2.24) is 0 Å². The highest BCUT2D eigenvalue weighted by Gasteiger charge is 2.25. The molecule has 0 amide bonds. The van der Waals surface area contributed by atoms with E-state index in [4.69, 9.17) is 25.8 Å². The number of hydrogen-bond donors (Lipinski definition) is 0. The quantitative estimate of drug-likeness (QED) is 0.115. The fourth-order valence-electron chi connectivity index (χ4n) is 5.67. The van der Waals surface area contributed by atoms with Crippen molar-refractivity contribution in [3.63, 3.8) is 0 Å². The Kier molecular flexibility index (Phi) is 16.3. The molecule has 41 heavy (non-hydrogen) atoms. The lowest BCUT2D eigenvalue weighted by Gasteiger charge is -2.30. The Labute approximate surface area is 254 Å². The summed E-state index contributed by atoms with van der Waals surface area (Å²) in [7, 11) is 0.